The fourth-order valence-corrected chi connectivity index (χ4v) is 3.67. The van der Waals surface area contributed by atoms with Crippen molar-refractivity contribution in [2.75, 3.05) is 16.4 Å². The normalized spacial score (nSPS) is 10.4. The molecular weight excluding hydrogens is 380 g/mol. The number of nitrogens with one attached hydrogen (secondary N) is 2. The second kappa shape index (κ2) is 9.94. The molecule has 0 atom stereocenters. The first-order valence-corrected chi connectivity index (χ1v) is 10.6. The molecule has 0 fully saturated rings. The molecule has 2 amide bonds. The van der Waals surface area contributed by atoms with Crippen molar-refractivity contribution in [3.8, 4) is 0 Å². The molecule has 0 aliphatic carbocycles. The molecule has 3 aromatic carbocycles. The largest absolute Gasteiger partial charge is 0.325 e. The third kappa shape index (κ3) is 6.22. The Kier molecular flexibility index (Phi) is 7.09. The molecule has 3 rings (SSSR count). The maximum atomic E-state index is 12.3. The van der Waals surface area contributed by atoms with Crippen molar-refractivity contribution in [2.45, 2.75) is 19.6 Å². The Bertz CT molecular complexity index is 986. The molecule has 3 aromatic rings. The Balaban J connectivity index is 1.46. The predicted octanol–water partition coefficient (Wildman–Crippen LogP) is 5.43. The Morgan fingerprint density at radius 3 is 2.28 bits per heavy atom. The first-order chi connectivity index (χ1) is 14.0. The summed E-state index contributed by atoms with van der Waals surface area (Å²) < 4.78 is 0. The van der Waals surface area contributed by atoms with Crippen LogP contribution in [0, 0.1) is 13.8 Å². The number of carbonyl (C=O) groups excluding carboxylic acids is 2. The van der Waals surface area contributed by atoms with Crippen LogP contribution in [0.3, 0.4) is 0 Å². The average molecular weight is 405 g/mol. The molecule has 29 heavy (non-hydrogen) atoms. The fraction of sp³-hybridized carbons (Fsp3) is 0.167. The van der Waals surface area contributed by atoms with Crippen LogP contribution in [-0.2, 0) is 10.5 Å². The minimum absolute atomic E-state index is 0.0131. The smallest absolute Gasteiger partial charge is 0.255 e. The highest BCUT2D eigenvalue weighted by molar-refractivity contribution is 7.99. The molecule has 0 spiro atoms. The standard InChI is InChI=1S/C24H24N2O2S/c1-17-8-13-22(18(2)14-17)26-23(27)16-29-15-19-9-11-20(12-10-19)24(28)25-21-6-4-3-5-7-21/h3-14H,15-16H2,1-2H3,(H,25,28)(H,26,27). The number of carbonyl (C=O) groups is 2. The van der Waals surface area contributed by atoms with E-state index in [9.17, 15) is 9.59 Å². The summed E-state index contributed by atoms with van der Waals surface area (Å²) in [6.45, 7) is 4.02. The molecule has 0 aliphatic heterocycles. The van der Waals surface area contributed by atoms with Crippen LogP contribution in [0.5, 0.6) is 0 Å². The number of para-hydroxylation sites is 1. The van der Waals surface area contributed by atoms with Gasteiger partial charge in [-0.2, -0.15) is 0 Å². The third-order valence-corrected chi connectivity index (χ3v) is 5.41. The zero-order valence-electron chi connectivity index (χ0n) is 16.6. The zero-order chi connectivity index (χ0) is 20.6. The molecule has 2 N–H and O–H groups in total. The Hall–Kier alpha value is -3.05. The van der Waals surface area contributed by atoms with Gasteiger partial charge < -0.3 is 10.6 Å². The van der Waals surface area contributed by atoms with Crippen molar-refractivity contribution >= 4 is 35.0 Å². The average Bonchev–Trinajstić information content (AvgIpc) is 2.71. The Morgan fingerprint density at radius 1 is 0.862 bits per heavy atom. The SMILES string of the molecule is Cc1ccc(NC(=O)CSCc2ccc(C(=O)Nc3ccccc3)cc2)c(C)c1. The van der Waals surface area contributed by atoms with Crippen molar-refractivity contribution in [1.29, 1.82) is 0 Å². The summed E-state index contributed by atoms with van der Waals surface area (Å²) in [5.74, 6) is 0.939. The van der Waals surface area contributed by atoms with Gasteiger partial charge in [-0.15, -0.1) is 11.8 Å². The summed E-state index contributed by atoms with van der Waals surface area (Å²) in [4.78, 5) is 24.5. The van der Waals surface area contributed by atoms with Crippen LogP contribution in [0.25, 0.3) is 0 Å². The van der Waals surface area contributed by atoms with E-state index in [0.29, 0.717) is 17.1 Å². The van der Waals surface area contributed by atoms with E-state index in [1.54, 1.807) is 11.8 Å². The number of aryl methyl sites for hydroxylation is 2. The third-order valence-electron chi connectivity index (χ3n) is 4.41. The number of anilines is 2. The minimum atomic E-state index is -0.136. The van der Waals surface area contributed by atoms with Gasteiger partial charge in [-0.3, -0.25) is 9.59 Å². The molecule has 0 bridgehead atoms. The molecule has 0 aliphatic rings. The molecule has 0 saturated carbocycles. The fourth-order valence-electron chi connectivity index (χ4n) is 2.88. The van der Waals surface area contributed by atoms with Crippen molar-refractivity contribution in [2.24, 2.45) is 0 Å². The number of hydrogen-bond acceptors (Lipinski definition) is 3. The quantitative estimate of drug-likeness (QED) is 0.552. The number of thioether (sulfide) groups is 1. The number of rotatable bonds is 7. The van der Waals surface area contributed by atoms with E-state index >= 15 is 0 Å². The molecule has 0 radical (unpaired) electrons. The van der Waals surface area contributed by atoms with Crippen LogP contribution >= 0.6 is 11.8 Å². The lowest BCUT2D eigenvalue weighted by atomic mass is 10.1. The monoisotopic (exact) mass is 404 g/mol. The number of amides is 2. The second-order valence-corrected chi connectivity index (χ2v) is 7.86. The van der Waals surface area contributed by atoms with Gasteiger partial charge in [-0.05, 0) is 55.3 Å². The maximum absolute atomic E-state index is 12.3. The predicted molar refractivity (Wildman–Crippen MR) is 122 cm³/mol. The van der Waals surface area contributed by atoms with E-state index in [-0.39, 0.29) is 11.8 Å². The lowest BCUT2D eigenvalue weighted by molar-refractivity contribution is -0.113. The van der Waals surface area contributed by atoms with Crippen LogP contribution < -0.4 is 10.6 Å². The second-order valence-electron chi connectivity index (χ2n) is 6.88. The summed E-state index contributed by atoms with van der Waals surface area (Å²) >= 11 is 1.55. The molecule has 0 heterocycles. The first kappa shape index (κ1) is 20.7. The van der Waals surface area contributed by atoms with Crippen molar-refractivity contribution in [3.05, 3.63) is 95.1 Å². The summed E-state index contributed by atoms with van der Waals surface area (Å²) in [7, 11) is 0. The van der Waals surface area contributed by atoms with Crippen LogP contribution in [-0.4, -0.2) is 17.6 Å². The van der Waals surface area contributed by atoms with Crippen molar-refractivity contribution in [3.63, 3.8) is 0 Å². The molecule has 4 nitrogen and oxygen atoms in total. The van der Waals surface area contributed by atoms with Gasteiger partial charge in [0.15, 0.2) is 0 Å². The van der Waals surface area contributed by atoms with E-state index in [2.05, 4.69) is 16.7 Å². The van der Waals surface area contributed by atoms with Gasteiger partial charge in [0.25, 0.3) is 5.91 Å². The van der Waals surface area contributed by atoms with Gasteiger partial charge in [-0.1, -0.05) is 48.0 Å². The van der Waals surface area contributed by atoms with Gasteiger partial charge in [0, 0.05) is 22.7 Å². The van der Waals surface area contributed by atoms with E-state index in [1.807, 2.05) is 80.6 Å². The van der Waals surface area contributed by atoms with Crippen LogP contribution in [0.2, 0.25) is 0 Å². The number of hydrogen-bond donors (Lipinski definition) is 2. The van der Waals surface area contributed by atoms with E-state index in [1.165, 1.54) is 5.56 Å². The highest BCUT2D eigenvalue weighted by atomic mass is 32.2. The van der Waals surface area contributed by atoms with Gasteiger partial charge >= 0.3 is 0 Å². The lowest BCUT2D eigenvalue weighted by Gasteiger charge is -2.09. The van der Waals surface area contributed by atoms with E-state index < -0.39 is 0 Å². The van der Waals surface area contributed by atoms with Crippen LogP contribution in [0.4, 0.5) is 11.4 Å². The van der Waals surface area contributed by atoms with Gasteiger partial charge in [0.2, 0.25) is 5.91 Å². The van der Waals surface area contributed by atoms with Crippen molar-refractivity contribution < 1.29 is 9.59 Å². The first-order valence-electron chi connectivity index (χ1n) is 9.41. The molecular formula is C24H24N2O2S. The summed E-state index contributed by atoms with van der Waals surface area (Å²) in [5.41, 5.74) is 5.55. The van der Waals surface area contributed by atoms with Crippen LogP contribution in [0.1, 0.15) is 27.0 Å². The lowest BCUT2D eigenvalue weighted by Crippen LogP contribution is -2.15. The van der Waals surface area contributed by atoms with Crippen molar-refractivity contribution in [1.82, 2.24) is 0 Å². The summed E-state index contributed by atoms with van der Waals surface area (Å²) in [5, 5.41) is 5.83. The summed E-state index contributed by atoms with van der Waals surface area (Å²) in [6, 6.07) is 22.8. The highest BCUT2D eigenvalue weighted by Gasteiger charge is 2.08. The molecule has 5 heteroatoms. The molecule has 0 aromatic heterocycles. The van der Waals surface area contributed by atoms with E-state index in [4.69, 9.17) is 0 Å². The minimum Gasteiger partial charge on any atom is -0.325 e. The zero-order valence-corrected chi connectivity index (χ0v) is 17.4. The number of benzene rings is 3. The van der Waals surface area contributed by atoms with Crippen LogP contribution in [0.15, 0.2) is 72.8 Å². The molecule has 148 valence electrons. The maximum Gasteiger partial charge on any atom is 0.255 e. The van der Waals surface area contributed by atoms with Gasteiger partial charge in [-0.25, -0.2) is 0 Å². The summed E-state index contributed by atoms with van der Waals surface area (Å²) in [6.07, 6.45) is 0. The highest BCUT2D eigenvalue weighted by Crippen LogP contribution is 2.18. The Labute approximate surface area is 175 Å². The molecule has 0 unspecified atom stereocenters. The van der Waals surface area contributed by atoms with E-state index in [0.717, 1.165) is 22.5 Å². The topological polar surface area (TPSA) is 58.2 Å². The molecule has 0 saturated heterocycles. The van der Waals surface area contributed by atoms with Gasteiger partial charge in [0.1, 0.15) is 0 Å². The van der Waals surface area contributed by atoms with Gasteiger partial charge in [0.05, 0.1) is 5.75 Å². The Morgan fingerprint density at radius 2 is 1.59 bits per heavy atom.